The number of benzene rings is 1. The van der Waals surface area contributed by atoms with Gasteiger partial charge in [-0.1, -0.05) is 18.2 Å². The van der Waals surface area contributed by atoms with Gasteiger partial charge < -0.3 is 11.5 Å². The minimum absolute atomic E-state index is 0.645. The van der Waals surface area contributed by atoms with Gasteiger partial charge in [-0.2, -0.15) is 5.10 Å². The molecule has 0 bridgehead atoms. The SMILES string of the molecule is CCn1nc(CN(CCN)CCN)c2ccccc21. The summed E-state index contributed by atoms with van der Waals surface area (Å²) in [6.45, 7) is 6.80. The van der Waals surface area contributed by atoms with Gasteiger partial charge in [0.15, 0.2) is 0 Å². The predicted molar refractivity (Wildman–Crippen MR) is 78.8 cm³/mol. The minimum Gasteiger partial charge on any atom is -0.329 e. The maximum absolute atomic E-state index is 5.65. The van der Waals surface area contributed by atoms with Crippen LogP contribution in [0.1, 0.15) is 12.6 Å². The number of hydrogen-bond acceptors (Lipinski definition) is 4. The summed E-state index contributed by atoms with van der Waals surface area (Å²) in [5.74, 6) is 0. The molecule has 0 aliphatic carbocycles. The van der Waals surface area contributed by atoms with Crippen molar-refractivity contribution in [1.82, 2.24) is 14.7 Å². The van der Waals surface area contributed by atoms with E-state index in [1.54, 1.807) is 0 Å². The van der Waals surface area contributed by atoms with Crippen LogP contribution in [0.25, 0.3) is 10.9 Å². The molecule has 2 aromatic rings. The maximum Gasteiger partial charge on any atom is 0.0843 e. The Morgan fingerprint density at radius 2 is 1.84 bits per heavy atom. The summed E-state index contributed by atoms with van der Waals surface area (Å²) in [7, 11) is 0. The molecule has 0 atom stereocenters. The van der Waals surface area contributed by atoms with E-state index in [0.29, 0.717) is 13.1 Å². The van der Waals surface area contributed by atoms with Crippen molar-refractivity contribution in [1.29, 1.82) is 0 Å². The summed E-state index contributed by atoms with van der Waals surface area (Å²) < 4.78 is 2.05. The van der Waals surface area contributed by atoms with Crippen LogP contribution in [0, 0.1) is 0 Å². The third kappa shape index (κ3) is 3.12. The smallest absolute Gasteiger partial charge is 0.0843 e. The molecular formula is C14H23N5. The first-order chi connectivity index (χ1) is 9.30. The van der Waals surface area contributed by atoms with Gasteiger partial charge in [0, 0.05) is 44.7 Å². The van der Waals surface area contributed by atoms with E-state index in [4.69, 9.17) is 16.6 Å². The lowest BCUT2D eigenvalue weighted by atomic mass is 10.2. The van der Waals surface area contributed by atoms with Crippen LogP contribution in [0.4, 0.5) is 0 Å². The zero-order chi connectivity index (χ0) is 13.7. The summed E-state index contributed by atoms with van der Waals surface area (Å²) in [6, 6.07) is 8.36. The van der Waals surface area contributed by atoms with Gasteiger partial charge in [0.2, 0.25) is 0 Å². The molecule has 0 saturated heterocycles. The third-order valence-electron chi connectivity index (χ3n) is 3.30. The molecule has 1 aromatic heterocycles. The molecule has 104 valence electrons. The van der Waals surface area contributed by atoms with Crippen molar-refractivity contribution in [2.75, 3.05) is 26.2 Å². The maximum atomic E-state index is 5.65. The average Bonchev–Trinajstić information content (AvgIpc) is 2.78. The Hall–Kier alpha value is -1.43. The van der Waals surface area contributed by atoms with Gasteiger partial charge in [-0.05, 0) is 13.0 Å². The lowest BCUT2D eigenvalue weighted by Gasteiger charge is -2.19. The number of nitrogens with two attached hydrogens (primary N) is 2. The Balaban J connectivity index is 2.28. The lowest BCUT2D eigenvalue weighted by Crippen LogP contribution is -2.33. The standard InChI is InChI=1S/C14H23N5/c1-2-19-14-6-4-3-5-12(14)13(17-19)11-18(9-7-15)10-8-16/h3-6H,2,7-11,15-16H2,1H3. The highest BCUT2D eigenvalue weighted by atomic mass is 15.3. The van der Waals surface area contributed by atoms with Crippen molar-refractivity contribution < 1.29 is 0 Å². The zero-order valence-corrected chi connectivity index (χ0v) is 11.5. The Bertz CT molecular complexity index is 514. The number of rotatable bonds is 7. The van der Waals surface area contributed by atoms with Gasteiger partial charge in [0.1, 0.15) is 0 Å². The van der Waals surface area contributed by atoms with Crippen molar-refractivity contribution in [3.8, 4) is 0 Å². The second kappa shape index (κ2) is 6.65. The van der Waals surface area contributed by atoms with Gasteiger partial charge in [-0.25, -0.2) is 0 Å². The molecule has 0 amide bonds. The summed E-state index contributed by atoms with van der Waals surface area (Å²) >= 11 is 0. The average molecular weight is 261 g/mol. The van der Waals surface area contributed by atoms with Crippen molar-refractivity contribution in [2.24, 2.45) is 11.5 Å². The second-order valence-corrected chi connectivity index (χ2v) is 4.63. The minimum atomic E-state index is 0.645. The third-order valence-corrected chi connectivity index (χ3v) is 3.30. The summed E-state index contributed by atoms with van der Waals surface area (Å²) in [5.41, 5.74) is 13.6. The van der Waals surface area contributed by atoms with Gasteiger partial charge in [-0.15, -0.1) is 0 Å². The quantitative estimate of drug-likeness (QED) is 0.772. The predicted octanol–water partition coefficient (Wildman–Crippen LogP) is 0.776. The number of hydrogen-bond donors (Lipinski definition) is 2. The van der Waals surface area contributed by atoms with E-state index >= 15 is 0 Å². The molecule has 5 heteroatoms. The molecule has 4 N–H and O–H groups in total. The molecule has 2 rings (SSSR count). The highest BCUT2D eigenvalue weighted by Gasteiger charge is 2.12. The molecule has 0 aliphatic rings. The molecule has 5 nitrogen and oxygen atoms in total. The molecule has 0 radical (unpaired) electrons. The summed E-state index contributed by atoms with van der Waals surface area (Å²) in [6.07, 6.45) is 0. The molecule has 19 heavy (non-hydrogen) atoms. The summed E-state index contributed by atoms with van der Waals surface area (Å²) in [5, 5.41) is 5.93. The normalized spacial score (nSPS) is 11.6. The van der Waals surface area contributed by atoms with Gasteiger partial charge >= 0.3 is 0 Å². The number of para-hydroxylation sites is 1. The fourth-order valence-corrected chi connectivity index (χ4v) is 2.40. The molecule has 1 heterocycles. The van der Waals surface area contributed by atoms with E-state index in [9.17, 15) is 0 Å². The first-order valence-corrected chi connectivity index (χ1v) is 6.87. The number of fused-ring (bicyclic) bond motifs is 1. The van der Waals surface area contributed by atoms with Crippen molar-refractivity contribution in [3.05, 3.63) is 30.0 Å². The Labute approximate surface area is 114 Å². The molecule has 0 saturated carbocycles. The van der Waals surface area contributed by atoms with E-state index in [2.05, 4.69) is 36.1 Å². The van der Waals surface area contributed by atoms with Crippen LogP contribution in [-0.2, 0) is 13.1 Å². The van der Waals surface area contributed by atoms with Crippen molar-refractivity contribution >= 4 is 10.9 Å². The molecule has 0 unspecified atom stereocenters. The van der Waals surface area contributed by atoms with E-state index < -0.39 is 0 Å². The fraction of sp³-hybridized carbons (Fsp3) is 0.500. The number of aromatic nitrogens is 2. The van der Waals surface area contributed by atoms with E-state index in [0.717, 1.165) is 31.9 Å². The highest BCUT2D eigenvalue weighted by Crippen LogP contribution is 2.19. The Kier molecular flexibility index (Phi) is 4.90. The monoisotopic (exact) mass is 261 g/mol. The summed E-state index contributed by atoms with van der Waals surface area (Å²) in [4.78, 5) is 2.26. The first-order valence-electron chi connectivity index (χ1n) is 6.87. The fourth-order valence-electron chi connectivity index (χ4n) is 2.40. The molecule has 0 spiro atoms. The zero-order valence-electron chi connectivity index (χ0n) is 11.5. The molecular weight excluding hydrogens is 238 g/mol. The van der Waals surface area contributed by atoms with E-state index in [1.165, 1.54) is 10.9 Å². The van der Waals surface area contributed by atoms with Crippen LogP contribution < -0.4 is 11.5 Å². The molecule has 1 aromatic carbocycles. The number of nitrogens with zero attached hydrogens (tertiary/aromatic N) is 3. The molecule has 0 fully saturated rings. The highest BCUT2D eigenvalue weighted by molar-refractivity contribution is 5.81. The second-order valence-electron chi connectivity index (χ2n) is 4.63. The van der Waals surface area contributed by atoms with Crippen LogP contribution in [-0.4, -0.2) is 40.9 Å². The van der Waals surface area contributed by atoms with Crippen LogP contribution in [0.5, 0.6) is 0 Å². The van der Waals surface area contributed by atoms with Gasteiger partial charge in [-0.3, -0.25) is 9.58 Å². The van der Waals surface area contributed by atoms with E-state index in [-0.39, 0.29) is 0 Å². The van der Waals surface area contributed by atoms with Gasteiger partial charge in [0.25, 0.3) is 0 Å². The van der Waals surface area contributed by atoms with E-state index in [1.807, 2.05) is 4.68 Å². The molecule has 0 aliphatic heterocycles. The number of aryl methyl sites for hydroxylation is 1. The van der Waals surface area contributed by atoms with Crippen LogP contribution in [0.3, 0.4) is 0 Å². The Morgan fingerprint density at radius 3 is 2.47 bits per heavy atom. The van der Waals surface area contributed by atoms with Crippen LogP contribution in [0.2, 0.25) is 0 Å². The first kappa shape index (κ1) is 14.0. The topological polar surface area (TPSA) is 73.1 Å². The van der Waals surface area contributed by atoms with Gasteiger partial charge in [0.05, 0.1) is 11.2 Å². The lowest BCUT2D eigenvalue weighted by molar-refractivity contribution is 0.277. The van der Waals surface area contributed by atoms with Crippen LogP contribution in [0.15, 0.2) is 24.3 Å². The Morgan fingerprint density at radius 1 is 1.16 bits per heavy atom. The largest absolute Gasteiger partial charge is 0.329 e. The van der Waals surface area contributed by atoms with Crippen LogP contribution >= 0.6 is 0 Å². The van der Waals surface area contributed by atoms with Crippen molar-refractivity contribution in [2.45, 2.75) is 20.0 Å². The van der Waals surface area contributed by atoms with Crippen molar-refractivity contribution in [3.63, 3.8) is 0 Å².